The molecule has 11 heteroatoms. The molecule has 182 valence electrons. The first-order chi connectivity index (χ1) is 16.1. The standard InChI is InChI=1S/C23H25F3N4O4/c24-18-13-20(26)19(25)11-15(18)10-16(27)12-21(31)29-6-1-7-30(9-8-29)23(34)28-17-4-2-14(3-5-17)22(32)33/h2-5,11,13,16H,1,6-10,12,27H2,(H,28,34)(H,32,33)/t16-/m1/s1. The molecule has 0 saturated carbocycles. The van der Waals surface area contributed by atoms with Crippen molar-refractivity contribution in [3.63, 3.8) is 0 Å². The number of urea groups is 1. The second-order valence-electron chi connectivity index (χ2n) is 8.06. The molecule has 0 bridgehead atoms. The van der Waals surface area contributed by atoms with Gasteiger partial charge in [0.1, 0.15) is 5.82 Å². The molecule has 8 nitrogen and oxygen atoms in total. The smallest absolute Gasteiger partial charge is 0.335 e. The number of nitrogens with one attached hydrogen (secondary N) is 1. The van der Waals surface area contributed by atoms with Crippen molar-refractivity contribution in [1.29, 1.82) is 0 Å². The number of rotatable bonds is 6. The average molecular weight is 478 g/mol. The molecule has 2 aromatic rings. The van der Waals surface area contributed by atoms with Crippen molar-refractivity contribution in [1.82, 2.24) is 9.80 Å². The van der Waals surface area contributed by atoms with Crippen LogP contribution in [0.5, 0.6) is 0 Å². The van der Waals surface area contributed by atoms with E-state index in [1.54, 1.807) is 9.80 Å². The number of carbonyl (C=O) groups excluding carboxylic acids is 2. The Hall–Kier alpha value is -3.60. The van der Waals surface area contributed by atoms with E-state index in [1.807, 2.05) is 0 Å². The van der Waals surface area contributed by atoms with Crippen molar-refractivity contribution < 1.29 is 32.7 Å². The van der Waals surface area contributed by atoms with E-state index in [0.29, 0.717) is 31.3 Å². The van der Waals surface area contributed by atoms with Crippen LogP contribution in [0.15, 0.2) is 36.4 Å². The molecule has 3 amide bonds. The number of benzene rings is 2. The number of nitrogens with zero attached hydrogens (tertiary/aromatic N) is 2. The van der Waals surface area contributed by atoms with Gasteiger partial charge in [0.25, 0.3) is 0 Å². The molecule has 0 aromatic heterocycles. The highest BCUT2D eigenvalue weighted by Crippen LogP contribution is 2.17. The van der Waals surface area contributed by atoms with E-state index < -0.39 is 29.5 Å². The van der Waals surface area contributed by atoms with Crippen LogP contribution >= 0.6 is 0 Å². The van der Waals surface area contributed by atoms with Gasteiger partial charge in [-0.1, -0.05) is 0 Å². The molecule has 1 fully saturated rings. The number of amides is 3. The zero-order valence-corrected chi connectivity index (χ0v) is 18.3. The molecular formula is C23H25F3N4O4. The van der Waals surface area contributed by atoms with Crippen molar-refractivity contribution in [3.05, 3.63) is 65.0 Å². The molecule has 2 aromatic carbocycles. The van der Waals surface area contributed by atoms with Crippen LogP contribution in [0.2, 0.25) is 0 Å². The molecular weight excluding hydrogens is 453 g/mol. The Morgan fingerprint density at radius 1 is 0.941 bits per heavy atom. The van der Waals surface area contributed by atoms with Crippen molar-refractivity contribution in [2.24, 2.45) is 5.73 Å². The van der Waals surface area contributed by atoms with Crippen molar-refractivity contribution in [2.45, 2.75) is 25.3 Å². The number of nitrogens with two attached hydrogens (primary N) is 1. The number of hydrogen-bond donors (Lipinski definition) is 3. The Bertz CT molecular complexity index is 1060. The fraction of sp³-hybridized carbons (Fsp3) is 0.348. The molecule has 1 saturated heterocycles. The summed E-state index contributed by atoms with van der Waals surface area (Å²) in [7, 11) is 0. The molecule has 1 aliphatic rings. The second-order valence-corrected chi connectivity index (χ2v) is 8.06. The van der Waals surface area contributed by atoms with E-state index in [-0.39, 0.29) is 49.0 Å². The van der Waals surface area contributed by atoms with Crippen LogP contribution in [-0.2, 0) is 11.2 Å². The van der Waals surface area contributed by atoms with Crippen LogP contribution < -0.4 is 11.1 Å². The minimum Gasteiger partial charge on any atom is -0.478 e. The Balaban J connectivity index is 1.51. The topological polar surface area (TPSA) is 116 Å². The van der Waals surface area contributed by atoms with Gasteiger partial charge in [0.2, 0.25) is 5.91 Å². The van der Waals surface area contributed by atoms with Crippen LogP contribution in [0.1, 0.15) is 28.8 Å². The van der Waals surface area contributed by atoms with Gasteiger partial charge in [-0.3, -0.25) is 4.79 Å². The predicted molar refractivity (Wildman–Crippen MR) is 118 cm³/mol. The number of hydrogen-bond acceptors (Lipinski definition) is 4. The van der Waals surface area contributed by atoms with Gasteiger partial charge < -0.3 is 26.0 Å². The van der Waals surface area contributed by atoms with Crippen LogP contribution in [0.25, 0.3) is 0 Å². The highest BCUT2D eigenvalue weighted by atomic mass is 19.2. The lowest BCUT2D eigenvalue weighted by molar-refractivity contribution is -0.131. The Labute approximate surface area is 194 Å². The fourth-order valence-corrected chi connectivity index (χ4v) is 3.70. The first kappa shape index (κ1) is 25.0. The minimum atomic E-state index is -1.29. The summed E-state index contributed by atoms with van der Waals surface area (Å²) in [6.07, 6.45) is 0.294. The summed E-state index contributed by atoms with van der Waals surface area (Å²) in [5, 5.41) is 11.6. The van der Waals surface area contributed by atoms with Gasteiger partial charge in [0.15, 0.2) is 11.6 Å². The molecule has 0 radical (unpaired) electrons. The van der Waals surface area contributed by atoms with Crippen molar-refractivity contribution in [2.75, 3.05) is 31.5 Å². The third-order valence-electron chi connectivity index (χ3n) is 5.53. The van der Waals surface area contributed by atoms with E-state index in [1.165, 1.54) is 24.3 Å². The molecule has 1 aliphatic heterocycles. The van der Waals surface area contributed by atoms with Crippen LogP contribution in [0.4, 0.5) is 23.7 Å². The van der Waals surface area contributed by atoms with Gasteiger partial charge in [-0.15, -0.1) is 0 Å². The molecule has 0 aliphatic carbocycles. The first-order valence-electron chi connectivity index (χ1n) is 10.7. The van der Waals surface area contributed by atoms with Gasteiger partial charge in [-0.05, 0) is 48.7 Å². The molecule has 0 unspecified atom stereocenters. The lowest BCUT2D eigenvalue weighted by Gasteiger charge is -2.23. The first-order valence-corrected chi connectivity index (χ1v) is 10.7. The van der Waals surface area contributed by atoms with Crippen LogP contribution in [0.3, 0.4) is 0 Å². The number of halogens is 3. The molecule has 1 atom stereocenters. The highest BCUT2D eigenvalue weighted by molar-refractivity contribution is 5.91. The van der Waals surface area contributed by atoms with Crippen molar-refractivity contribution >= 4 is 23.6 Å². The number of carboxylic acid groups (broad SMARTS) is 1. The van der Waals surface area contributed by atoms with Gasteiger partial charge in [0.05, 0.1) is 5.56 Å². The van der Waals surface area contributed by atoms with E-state index in [0.717, 1.165) is 6.07 Å². The minimum absolute atomic E-state index is 0.102. The normalized spacial score (nSPS) is 14.9. The summed E-state index contributed by atoms with van der Waals surface area (Å²) >= 11 is 0. The molecule has 0 spiro atoms. The lowest BCUT2D eigenvalue weighted by atomic mass is 10.0. The van der Waals surface area contributed by atoms with Gasteiger partial charge >= 0.3 is 12.0 Å². The number of carboxylic acids is 1. The summed E-state index contributed by atoms with van der Waals surface area (Å²) in [4.78, 5) is 39.3. The summed E-state index contributed by atoms with van der Waals surface area (Å²) in [6, 6.07) is 5.79. The second kappa shape index (κ2) is 11.0. The van der Waals surface area contributed by atoms with E-state index in [9.17, 15) is 27.6 Å². The van der Waals surface area contributed by atoms with Gasteiger partial charge in [-0.25, -0.2) is 22.8 Å². The quantitative estimate of drug-likeness (QED) is 0.553. The predicted octanol–water partition coefficient (Wildman–Crippen LogP) is 2.83. The SMILES string of the molecule is N[C@@H](CC(=O)N1CCCN(C(=O)Nc2ccc(C(=O)O)cc2)CC1)Cc1cc(F)c(F)cc1F. The van der Waals surface area contributed by atoms with Gasteiger partial charge in [-0.2, -0.15) is 0 Å². The van der Waals surface area contributed by atoms with Crippen molar-refractivity contribution in [3.8, 4) is 0 Å². The van der Waals surface area contributed by atoms with E-state index >= 15 is 0 Å². The third kappa shape index (κ3) is 6.47. The maximum Gasteiger partial charge on any atom is 0.335 e. The third-order valence-corrected chi connectivity index (χ3v) is 5.53. The highest BCUT2D eigenvalue weighted by Gasteiger charge is 2.24. The lowest BCUT2D eigenvalue weighted by Crippen LogP contribution is -2.41. The zero-order valence-electron chi connectivity index (χ0n) is 18.3. The van der Waals surface area contributed by atoms with Crippen LogP contribution in [0, 0.1) is 17.5 Å². The average Bonchev–Trinajstić information content (AvgIpc) is 3.04. The summed E-state index contributed by atoms with van der Waals surface area (Å²) in [5.41, 5.74) is 6.41. The number of anilines is 1. The maximum absolute atomic E-state index is 13.8. The summed E-state index contributed by atoms with van der Waals surface area (Å²) in [6.45, 7) is 1.37. The Morgan fingerprint density at radius 2 is 1.56 bits per heavy atom. The van der Waals surface area contributed by atoms with Gasteiger partial charge in [0, 0.05) is 50.4 Å². The number of aromatic carboxylic acids is 1. The fourth-order valence-electron chi connectivity index (χ4n) is 3.70. The zero-order chi connectivity index (χ0) is 24.8. The summed E-state index contributed by atoms with van der Waals surface area (Å²) in [5.74, 6) is -4.73. The molecule has 1 heterocycles. The van der Waals surface area contributed by atoms with E-state index in [2.05, 4.69) is 5.32 Å². The molecule has 34 heavy (non-hydrogen) atoms. The van der Waals surface area contributed by atoms with Crippen LogP contribution in [-0.4, -0.2) is 65.0 Å². The maximum atomic E-state index is 13.8. The molecule has 3 rings (SSSR count). The van der Waals surface area contributed by atoms with E-state index in [4.69, 9.17) is 10.8 Å². The molecule has 4 N–H and O–H groups in total. The Kier molecular flexibility index (Phi) is 8.11. The summed E-state index contributed by atoms with van der Waals surface area (Å²) < 4.78 is 40.3. The Morgan fingerprint density at radius 3 is 2.24 bits per heavy atom. The number of carbonyl (C=O) groups is 3. The largest absolute Gasteiger partial charge is 0.478 e. The monoisotopic (exact) mass is 478 g/mol.